The zero-order chi connectivity index (χ0) is 18.7. The molecule has 1 atom stereocenters. The Morgan fingerprint density at radius 1 is 1.33 bits per heavy atom. The number of pyridine rings is 1. The summed E-state index contributed by atoms with van der Waals surface area (Å²) in [5.41, 5.74) is -1.11. The van der Waals surface area contributed by atoms with Crippen LogP contribution in [0.25, 0.3) is 11.4 Å². The second-order valence-corrected chi connectivity index (χ2v) is 7.74. The number of piperidine rings is 1. The summed E-state index contributed by atoms with van der Waals surface area (Å²) in [6, 6.07) is 3.56. The van der Waals surface area contributed by atoms with E-state index in [2.05, 4.69) is 15.1 Å². The Labute approximate surface area is 158 Å². The number of halogens is 1. The first-order chi connectivity index (χ1) is 13.1. The maximum absolute atomic E-state index is 15.6. The third kappa shape index (κ3) is 4.01. The quantitative estimate of drug-likeness (QED) is 0.796. The van der Waals surface area contributed by atoms with E-state index in [4.69, 9.17) is 4.52 Å². The van der Waals surface area contributed by atoms with E-state index in [0.29, 0.717) is 36.7 Å². The van der Waals surface area contributed by atoms with Crippen LogP contribution in [0.2, 0.25) is 0 Å². The van der Waals surface area contributed by atoms with E-state index in [9.17, 15) is 4.79 Å². The average molecular weight is 372 g/mol. The van der Waals surface area contributed by atoms with Gasteiger partial charge in [-0.1, -0.05) is 30.8 Å². The van der Waals surface area contributed by atoms with Crippen molar-refractivity contribution in [3.63, 3.8) is 0 Å². The van der Waals surface area contributed by atoms with E-state index >= 15 is 4.39 Å². The third-order valence-electron chi connectivity index (χ3n) is 5.77. The van der Waals surface area contributed by atoms with Crippen LogP contribution in [0.15, 0.2) is 29.0 Å². The highest BCUT2D eigenvalue weighted by atomic mass is 19.1. The summed E-state index contributed by atoms with van der Waals surface area (Å²) in [5, 5.41) is 3.90. The molecule has 1 saturated carbocycles. The fourth-order valence-electron chi connectivity index (χ4n) is 4.20. The zero-order valence-corrected chi connectivity index (χ0v) is 15.4. The summed E-state index contributed by atoms with van der Waals surface area (Å²) in [7, 11) is 0. The lowest BCUT2D eigenvalue weighted by molar-refractivity contribution is -0.136. The molecule has 0 radical (unpaired) electrons. The Morgan fingerprint density at radius 2 is 2.19 bits per heavy atom. The molecule has 1 aliphatic carbocycles. The van der Waals surface area contributed by atoms with E-state index in [1.807, 2.05) is 0 Å². The van der Waals surface area contributed by atoms with Crippen molar-refractivity contribution in [2.45, 2.75) is 57.0 Å². The molecule has 6 nitrogen and oxygen atoms in total. The van der Waals surface area contributed by atoms with Crippen LogP contribution in [0.3, 0.4) is 0 Å². The van der Waals surface area contributed by atoms with Gasteiger partial charge in [0.15, 0.2) is 0 Å². The molecule has 3 heterocycles. The van der Waals surface area contributed by atoms with Gasteiger partial charge in [-0.15, -0.1) is 0 Å². The van der Waals surface area contributed by atoms with Gasteiger partial charge in [0.2, 0.25) is 17.4 Å². The lowest BCUT2D eigenvalue weighted by Crippen LogP contribution is -2.46. The molecule has 2 aromatic heterocycles. The predicted octanol–water partition coefficient (Wildman–Crippen LogP) is 3.89. The standard InChI is InChI=1S/C20H25FN4O2/c21-20(19-23-18(24-27-19)16-7-3-11-22-13-16)10-4-12-25(14-20)17(26)9-8-15-5-1-2-6-15/h3,7,11,13,15H,1-2,4-6,8-10,12,14H2. The fourth-order valence-corrected chi connectivity index (χ4v) is 4.20. The molecule has 2 aliphatic rings. The van der Waals surface area contributed by atoms with Crippen molar-refractivity contribution in [2.24, 2.45) is 5.92 Å². The molecule has 7 heteroatoms. The van der Waals surface area contributed by atoms with Gasteiger partial charge < -0.3 is 9.42 Å². The number of hydrogen-bond donors (Lipinski definition) is 0. The highest BCUT2D eigenvalue weighted by Gasteiger charge is 2.43. The Kier molecular flexibility index (Phi) is 5.18. The van der Waals surface area contributed by atoms with Crippen molar-refractivity contribution in [1.29, 1.82) is 0 Å². The molecule has 0 bridgehead atoms. The molecule has 1 aliphatic heterocycles. The number of rotatable bonds is 5. The molecule has 0 N–H and O–H groups in total. The van der Waals surface area contributed by atoms with Crippen molar-refractivity contribution in [1.82, 2.24) is 20.0 Å². The van der Waals surface area contributed by atoms with E-state index in [1.165, 1.54) is 25.7 Å². The van der Waals surface area contributed by atoms with E-state index in [0.717, 1.165) is 6.42 Å². The van der Waals surface area contributed by atoms with Crippen molar-refractivity contribution in [3.8, 4) is 11.4 Å². The van der Waals surface area contributed by atoms with Crippen LogP contribution in [0.1, 0.15) is 57.3 Å². The van der Waals surface area contributed by atoms with Crippen LogP contribution in [-0.4, -0.2) is 39.0 Å². The molecule has 0 spiro atoms. The van der Waals surface area contributed by atoms with E-state index in [-0.39, 0.29) is 24.8 Å². The van der Waals surface area contributed by atoms with Gasteiger partial charge >= 0.3 is 0 Å². The maximum atomic E-state index is 15.6. The fraction of sp³-hybridized carbons (Fsp3) is 0.600. The summed E-state index contributed by atoms with van der Waals surface area (Å²) < 4.78 is 20.8. The van der Waals surface area contributed by atoms with Gasteiger partial charge in [-0.2, -0.15) is 4.98 Å². The molecule has 2 aromatic rings. The van der Waals surface area contributed by atoms with Gasteiger partial charge in [0.1, 0.15) is 0 Å². The van der Waals surface area contributed by atoms with E-state index < -0.39 is 5.67 Å². The van der Waals surface area contributed by atoms with Crippen LogP contribution < -0.4 is 0 Å². The largest absolute Gasteiger partial charge is 0.339 e. The molecule has 4 rings (SSSR count). The minimum atomic E-state index is -1.78. The smallest absolute Gasteiger partial charge is 0.266 e. The number of carbonyl (C=O) groups excluding carboxylic acids is 1. The SMILES string of the molecule is O=C(CCC1CCCC1)N1CCCC(F)(c2nc(-c3cccnc3)no2)C1. The lowest BCUT2D eigenvalue weighted by atomic mass is 9.93. The Hall–Kier alpha value is -2.31. The molecule has 1 saturated heterocycles. The van der Waals surface area contributed by atoms with Gasteiger partial charge in [-0.3, -0.25) is 9.78 Å². The maximum Gasteiger partial charge on any atom is 0.266 e. The summed E-state index contributed by atoms with van der Waals surface area (Å²) in [6.45, 7) is 0.587. The van der Waals surface area contributed by atoms with Gasteiger partial charge in [-0.25, -0.2) is 4.39 Å². The van der Waals surface area contributed by atoms with Crippen LogP contribution in [-0.2, 0) is 10.5 Å². The Balaban J connectivity index is 1.42. The molecule has 1 unspecified atom stereocenters. The number of hydrogen-bond acceptors (Lipinski definition) is 5. The Bertz CT molecular complexity index is 775. The first-order valence-corrected chi connectivity index (χ1v) is 9.85. The van der Waals surface area contributed by atoms with Crippen molar-refractivity contribution in [3.05, 3.63) is 30.4 Å². The van der Waals surface area contributed by atoms with Crippen LogP contribution in [0.4, 0.5) is 4.39 Å². The molecule has 1 amide bonds. The molecule has 27 heavy (non-hydrogen) atoms. The normalized spacial score (nSPS) is 23.7. The van der Waals surface area contributed by atoms with Gasteiger partial charge in [0.05, 0.1) is 6.54 Å². The number of amides is 1. The van der Waals surface area contributed by atoms with Gasteiger partial charge in [0.25, 0.3) is 5.89 Å². The first kappa shape index (κ1) is 18.1. The second-order valence-electron chi connectivity index (χ2n) is 7.74. The van der Waals surface area contributed by atoms with Crippen LogP contribution >= 0.6 is 0 Å². The lowest BCUT2D eigenvalue weighted by Gasteiger charge is -2.35. The number of aromatic nitrogens is 3. The number of likely N-dealkylation sites (tertiary alicyclic amines) is 1. The molecule has 0 aromatic carbocycles. The van der Waals surface area contributed by atoms with Crippen molar-refractivity contribution >= 4 is 5.91 Å². The number of carbonyl (C=O) groups is 1. The van der Waals surface area contributed by atoms with Crippen LogP contribution in [0, 0.1) is 5.92 Å². The number of nitrogens with zero attached hydrogens (tertiary/aromatic N) is 4. The minimum Gasteiger partial charge on any atom is -0.339 e. The summed E-state index contributed by atoms with van der Waals surface area (Å²) in [5.74, 6) is 0.969. The highest BCUT2D eigenvalue weighted by Crippen LogP contribution is 2.36. The third-order valence-corrected chi connectivity index (χ3v) is 5.77. The zero-order valence-electron chi connectivity index (χ0n) is 15.4. The van der Waals surface area contributed by atoms with Gasteiger partial charge in [-0.05, 0) is 37.3 Å². The molecule has 144 valence electrons. The molecular formula is C20H25FN4O2. The molecule has 2 fully saturated rings. The second kappa shape index (κ2) is 7.74. The van der Waals surface area contributed by atoms with Crippen molar-refractivity contribution < 1.29 is 13.7 Å². The highest BCUT2D eigenvalue weighted by molar-refractivity contribution is 5.76. The molecular weight excluding hydrogens is 347 g/mol. The minimum absolute atomic E-state index is 0.00876. The summed E-state index contributed by atoms with van der Waals surface area (Å²) >= 11 is 0. The monoisotopic (exact) mass is 372 g/mol. The summed E-state index contributed by atoms with van der Waals surface area (Å²) in [6.07, 6.45) is 10.5. The van der Waals surface area contributed by atoms with E-state index in [1.54, 1.807) is 29.4 Å². The average Bonchev–Trinajstić information content (AvgIpc) is 3.39. The van der Waals surface area contributed by atoms with Gasteiger partial charge in [0, 0.05) is 30.9 Å². The Morgan fingerprint density at radius 3 is 2.96 bits per heavy atom. The first-order valence-electron chi connectivity index (χ1n) is 9.85. The summed E-state index contributed by atoms with van der Waals surface area (Å²) in [4.78, 5) is 22.5. The number of alkyl halides is 1. The predicted molar refractivity (Wildman–Crippen MR) is 97.3 cm³/mol. The topological polar surface area (TPSA) is 72.1 Å². The van der Waals surface area contributed by atoms with Crippen molar-refractivity contribution in [2.75, 3.05) is 13.1 Å². The van der Waals surface area contributed by atoms with Crippen LogP contribution in [0.5, 0.6) is 0 Å².